The first kappa shape index (κ1) is 8.10. The molecule has 1 saturated heterocycles. The first-order valence-electron chi connectivity index (χ1n) is 4.32. The zero-order valence-electron chi connectivity index (χ0n) is 7.32. The molecular formula is C10H11NO2. The van der Waals surface area contributed by atoms with Gasteiger partial charge in [0.1, 0.15) is 5.76 Å². The van der Waals surface area contributed by atoms with Crippen molar-refractivity contribution in [3.05, 3.63) is 30.7 Å². The number of furan rings is 1. The molecule has 0 unspecified atom stereocenters. The highest BCUT2D eigenvalue weighted by molar-refractivity contribution is 5.87. The van der Waals surface area contributed by atoms with Crippen molar-refractivity contribution in [1.82, 2.24) is 4.90 Å². The molecular weight excluding hydrogens is 166 g/mol. The molecule has 3 nitrogen and oxygen atoms in total. The lowest BCUT2D eigenvalue weighted by molar-refractivity contribution is -0.124. The number of nitrogens with zero attached hydrogens (tertiary/aromatic N) is 1. The molecule has 0 N–H and O–H groups in total. The van der Waals surface area contributed by atoms with E-state index in [2.05, 4.69) is 6.58 Å². The fourth-order valence-electron chi connectivity index (χ4n) is 1.51. The van der Waals surface area contributed by atoms with E-state index >= 15 is 0 Å². The quantitative estimate of drug-likeness (QED) is 0.691. The summed E-state index contributed by atoms with van der Waals surface area (Å²) in [6, 6.07) is 3.61. The minimum absolute atomic E-state index is 0.140. The van der Waals surface area contributed by atoms with Crippen LogP contribution in [0.3, 0.4) is 0 Å². The molecule has 2 heterocycles. The summed E-state index contributed by atoms with van der Waals surface area (Å²) in [6.45, 7) is 4.60. The Hall–Kier alpha value is -1.51. The van der Waals surface area contributed by atoms with Gasteiger partial charge >= 0.3 is 0 Å². The number of likely N-dealkylation sites (tertiary alicyclic amines) is 1. The van der Waals surface area contributed by atoms with Crippen molar-refractivity contribution in [2.24, 2.45) is 0 Å². The number of rotatable bonds is 2. The van der Waals surface area contributed by atoms with Gasteiger partial charge in [0.2, 0.25) is 5.91 Å². The Morgan fingerprint density at radius 2 is 2.46 bits per heavy atom. The Morgan fingerprint density at radius 3 is 3.00 bits per heavy atom. The molecule has 0 aliphatic carbocycles. The van der Waals surface area contributed by atoms with Crippen LogP contribution in [0.2, 0.25) is 0 Å². The van der Waals surface area contributed by atoms with E-state index in [-0.39, 0.29) is 5.91 Å². The summed E-state index contributed by atoms with van der Waals surface area (Å²) in [5.74, 6) is 0.816. The summed E-state index contributed by atoms with van der Waals surface area (Å²) in [5.41, 5.74) is 0.674. The van der Waals surface area contributed by atoms with Crippen LogP contribution in [0.1, 0.15) is 18.6 Å². The molecule has 0 atom stereocenters. The van der Waals surface area contributed by atoms with Crippen molar-refractivity contribution in [2.75, 3.05) is 6.54 Å². The van der Waals surface area contributed by atoms with Gasteiger partial charge in [-0.25, -0.2) is 0 Å². The average molecular weight is 177 g/mol. The van der Waals surface area contributed by atoms with Gasteiger partial charge in [0.15, 0.2) is 0 Å². The third-order valence-electron chi connectivity index (χ3n) is 2.20. The fraction of sp³-hybridized carbons (Fsp3) is 0.300. The standard InChI is InChI=1S/C10H11NO2/c1-8(9-4-3-7-13-9)11-6-2-5-10(11)12/h3-4,7H,1-2,5-6H2. The van der Waals surface area contributed by atoms with Crippen molar-refractivity contribution >= 4 is 11.6 Å². The summed E-state index contributed by atoms with van der Waals surface area (Å²) >= 11 is 0. The van der Waals surface area contributed by atoms with Crippen LogP contribution >= 0.6 is 0 Å². The van der Waals surface area contributed by atoms with Crippen LogP contribution < -0.4 is 0 Å². The van der Waals surface area contributed by atoms with E-state index in [1.165, 1.54) is 0 Å². The largest absolute Gasteiger partial charge is 0.463 e. The number of hydrogen-bond donors (Lipinski definition) is 0. The molecule has 1 aliphatic rings. The van der Waals surface area contributed by atoms with Gasteiger partial charge in [0, 0.05) is 13.0 Å². The van der Waals surface area contributed by atoms with Crippen molar-refractivity contribution in [3.8, 4) is 0 Å². The maximum absolute atomic E-state index is 11.3. The van der Waals surface area contributed by atoms with Crippen LogP contribution in [-0.4, -0.2) is 17.4 Å². The molecule has 0 radical (unpaired) electrons. The molecule has 3 heteroatoms. The molecule has 1 fully saturated rings. The van der Waals surface area contributed by atoms with E-state index in [1.54, 1.807) is 17.2 Å². The van der Waals surface area contributed by atoms with Gasteiger partial charge in [-0.05, 0) is 18.6 Å². The predicted octanol–water partition coefficient (Wildman–Crippen LogP) is 1.87. The van der Waals surface area contributed by atoms with Gasteiger partial charge in [-0.1, -0.05) is 6.58 Å². The number of hydrogen-bond acceptors (Lipinski definition) is 2. The van der Waals surface area contributed by atoms with Crippen LogP contribution in [0, 0.1) is 0 Å². The molecule has 0 saturated carbocycles. The zero-order chi connectivity index (χ0) is 9.26. The maximum atomic E-state index is 11.3. The van der Waals surface area contributed by atoms with Crippen molar-refractivity contribution < 1.29 is 9.21 Å². The Balaban J connectivity index is 2.18. The molecule has 1 aliphatic heterocycles. The van der Waals surface area contributed by atoms with Crippen LogP contribution in [0.4, 0.5) is 0 Å². The van der Waals surface area contributed by atoms with Gasteiger partial charge in [0.05, 0.1) is 12.0 Å². The van der Waals surface area contributed by atoms with Crippen LogP contribution in [0.5, 0.6) is 0 Å². The molecule has 2 rings (SSSR count). The van der Waals surface area contributed by atoms with Crippen LogP contribution in [-0.2, 0) is 4.79 Å². The van der Waals surface area contributed by atoms with Crippen molar-refractivity contribution in [1.29, 1.82) is 0 Å². The second kappa shape index (κ2) is 3.09. The summed E-state index contributed by atoms with van der Waals surface area (Å²) in [6.07, 6.45) is 3.12. The monoisotopic (exact) mass is 177 g/mol. The number of carbonyl (C=O) groups is 1. The van der Waals surface area contributed by atoms with Gasteiger partial charge in [0.25, 0.3) is 0 Å². The molecule has 1 aromatic rings. The fourth-order valence-corrected chi connectivity index (χ4v) is 1.51. The van der Waals surface area contributed by atoms with E-state index in [0.29, 0.717) is 17.9 Å². The molecule has 1 amide bonds. The minimum Gasteiger partial charge on any atom is -0.463 e. The molecule has 1 aromatic heterocycles. The number of carbonyl (C=O) groups excluding carboxylic acids is 1. The predicted molar refractivity (Wildman–Crippen MR) is 48.7 cm³/mol. The van der Waals surface area contributed by atoms with Gasteiger partial charge in [-0.15, -0.1) is 0 Å². The highest BCUT2D eigenvalue weighted by Crippen LogP contribution is 2.23. The highest BCUT2D eigenvalue weighted by Gasteiger charge is 2.24. The molecule has 13 heavy (non-hydrogen) atoms. The SMILES string of the molecule is C=C(c1ccco1)N1CCCC1=O. The molecule has 68 valence electrons. The second-order valence-electron chi connectivity index (χ2n) is 3.07. The summed E-state index contributed by atoms with van der Waals surface area (Å²) in [5, 5.41) is 0. The summed E-state index contributed by atoms with van der Waals surface area (Å²) < 4.78 is 5.16. The molecule has 0 spiro atoms. The van der Waals surface area contributed by atoms with Gasteiger partial charge < -0.3 is 9.32 Å². The van der Waals surface area contributed by atoms with E-state index in [1.807, 2.05) is 6.07 Å². The van der Waals surface area contributed by atoms with E-state index in [0.717, 1.165) is 13.0 Å². The van der Waals surface area contributed by atoms with Gasteiger partial charge in [-0.3, -0.25) is 4.79 Å². The normalized spacial score (nSPS) is 16.6. The van der Waals surface area contributed by atoms with Crippen molar-refractivity contribution in [3.63, 3.8) is 0 Å². The maximum Gasteiger partial charge on any atom is 0.227 e. The second-order valence-corrected chi connectivity index (χ2v) is 3.07. The lowest BCUT2D eigenvalue weighted by Gasteiger charge is -2.15. The lowest BCUT2D eigenvalue weighted by Crippen LogP contribution is -2.21. The van der Waals surface area contributed by atoms with Crippen LogP contribution in [0.25, 0.3) is 5.70 Å². The smallest absolute Gasteiger partial charge is 0.227 e. The summed E-state index contributed by atoms with van der Waals surface area (Å²) in [4.78, 5) is 13.0. The van der Waals surface area contributed by atoms with Crippen LogP contribution in [0.15, 0.2) is 29.4 Å². The topological polar surface area (TPSA) is 33.5 Å². The Morgan fingerprint density at radius 1 is 1.62 bits per heavy atom. The van der Waals surface area contributed by atoms with E-state index in [9.17, 15) is 4.79 Å². The first-order chi connectivity index (χ1) is 6.29. The van der Waals surface area contributed by atoms with E-state index in [4.69, 9.17) is 4.42 Å². The first-order valence-corrected chi connectivity index (χ1v) is 4.32. The van der Waals surface area contributed by atoms with Gasteiger partial charge in [-0.2, -0.15) is 0 Å². The summed E-state index contributed by atoms with van der Waals surface area (Å²) in [7, 11) is 0. The third-order valence-corrected chi connectivity index (χ3v) is 2.20. The van der Waals surface area contributed by atoms with E-state index < -0.39 is 0 Å². The average Bonchev–Trinajstić information content (AvgIpc) is 2.72. The Kier molecular flexibility index (Phi) is 1.93. The molecule has 0 bridgehead atoms. The minimum atomic E-state index is 0.140. The third kappa shape index (κ3) is 1.37. The Bertz CT molecular complexity index is 327. The van der Waals surface area contributed by atoms with Crippen molar-refractivity contribution in [2.45, 2.75) is 12.8 Å². The number of amides is 1. The lowest BCUT2D eigenvalue weighted by atomic mass is 10.3. The molecule has 0 aromatic carbocycles. The zero-order valence-corrected chi connectivity index (χ0v) is 7.32. The Labute approximate surface area is 76.6 Å². The highest BCUT2D eigenvalue weighted by atomic mass is 16.3.